The first-order valence-electron chi connectivity index (χ1n) is 5.51. The van der Waals surface area contributed by atoms with Gasteiger partial charge in [0.05, 0.1) is 12.2 Å². The Morgan fingerprint density at radius 2 is 2.36 bits per heavy atom. The fourth-order valence-electron chi connectivity index (χ4n) is 2.00. The summed E-state index contributed by atoms with van der Waals surface area (Å²) in [5.41, 5.74) is 0. The van der Waals surface area contributed by atoms with Crippen LogP contribution in [-0.4, -0.2) is 35.7 Å². The Morgan fingerprint density at radius 3 is 2.93 bits per heavy atom. The van der Waals surface area contributed by atoms with Gasteiger partial charge in [-0.25, -0.2) is 0 Å². The monoisotopic (exact) mass is 196 g/mol. The summed E-state index contributed by atoms with van der Waals surface area (Å²) in [6.07, 6.45) is 3.75. The standard InChI is InChI=1S/C11H20N2O/c1-10(14)11-5-8-13(9-11)7-4-2-3-6-12/h10-11,14H,2-5,7-9H2,1H3. The second-order valence-electron chi connectivity index (χ2n) is 4.21. The lowest BCUT2D eigenvalue weighted by atomic mass is 10.0. The summed E-state index contributed by atoms with van der Waals surface area (Å²) in [6, 6.07) is 2.16. The maximum Gasteiger partial charge on any atom is 0.0621 e. The molecule has 2 atom stereocenters. The van der Waals surface area contributed by atoms with Gasteiger partial charge >= 0.3 is 0 Å². The average Bonchev–Trinajstić information content (AvgIpc) is 2.61. The van der Waals surface area contributed by atoms with E-state index in [1.807, 2.05) is 6.92 Å². The zero-order valence-electron chi connectivity index (χ0n) is 8.95. The van der Waals surface area contributed by atoms with Crippen LogP contribution < -0.4 is 0 Å². The maximum atomic E-state index is 9.41. The Balaban J connectivity index is 2.08. The van der Waals surface area contributed by atoms with Gasteiger partial charge in [0.15, 0.2) is 0 Å². The Hall–Kier alpha value is -0.590. The van der Waals surface area contributed by atoms with E-state index in [9.17, 15) is 5.11 Å². The molecule has 0 radical (unpaired) electrons. The molecular weight excluding hydrogens is 176 g/mol. The molecule has 0 saturated carbocycles. The third kappa shape index (κ3) is 3.65. The molecule has 0 spiro atoms. The minimum atomic E-state index is -0.167. The molecule has 1 N–H and O–H groups in total. The van der Waals surface area contributed by atoms with E-state index in [0.29, 0.717) is 12.3 Å². The molecule has 1 rings (SSSR count). The smallest absolute Gasteiger partial charge is 0.0621 e. The summed E-state index contributed by atoms with van der Waals surface area (Å²) in [6.45, 7) is 5.11. The SMILES string of the molecule is CC(O)C1CCN(CCCCC#N)C1. The number of hydrogen-bond acceptors (Lipinski definition) is 3. The molecule has 14 heavy (non-hydrogen) atoms. The largest absolute Gasteiger partial charge is 0.393 e. The number of unbranched alkanes of at least 4 members (excludes halogenated alkanes) is 2. The molecule has 1 aliphatic heterocycles. The highest BCUT2D eigenvalue weighted by molar-refractivity contribution is 4.79. The van der Waals surface area contributed by atoms with Crippen molar-refractivity contribution < 1.29 is 5.11 Å². The number of nitriles is 1. The fourth-order valence-corrected chi connectivity index (χ4v) is 2.00. The van der Waals surface area contributed by atoms with Crippen LogP contribution in [0, 0.1) is 17.2 Å². The van der Waals surface area contributed by atoms with Gasteiger partial charge in [0, 0.05) is 13.0 Å². The Labute approximate surface area is 86.3 Å². The van der Waals surface area contributed by atoms with Crippen molar-refractivity contribution in [2.45, 2.75) is 38.7 Å². The Morgan fingerprint density at radius 1 is 1.57 bits per heavy atom. The number of aliphatic hydroxyl groups is 1. The van der Waals surface area contributed by atoms with Crippen molar-refractivity contribution in [1.82, 2.24) is 4.90 Å². The maximum absolute atomic E-state index is 9.41. The molecule has 1 heterocycles. The molecular formula is C11H20N2O. The molecule has 0 amide bonds. The summed E-state index contributed by atoms with van der Waals surface area (Å²) in [7, 11) is 0. The van der Waals surface area contributed by atoms with Crippen molar-refractivity contribution in [2.75, 3.05) is 19.6 Å². The van der Waals surface area contributed by atoms with Crippen molar-refractivity contribution in [3.8, 4) is 6.07 Å². The number of hydrogen-bond donors (Lipinski definition) is 1. The van der Waals surface area contributed by atoms with Crippen LogP contribution in [0.5, 0.6) is 0 Å². The minimum absolute atomic E-state index is 0.167. The molecule has 0 aromatic heterocycles. The van der Waals surface area contributed by atoms with E-state index >= 15 is 0 Å². The van der Waals surface area contributed by atoms with Crippen LogP contribution in [0.1, 0.15) is 32.6 Å². The van der Waals surface area contributed by atoms with Crippen molar-refractivity contribution in [3.63, 3.8) is 0 Å². The lowest BCUT2D eigenvalue weighted by Gasteiger charge is -2.16. The highest BCUT2D eigenvalue weighted by Crippen LogP contribution is 2.19. The topological polar surface area (TPSA) is 47.3 Å². The molecule has 0 aliphatic carbocycles. The molecule has 1 saturated heterocycles. The van der Waals surface area contributed by atoms with E-state index < -0.39 is 0 Å². The van der Waals surface area contributed by atoms with Gasteiger partial charge in [0.1, 0.15) is 0 Å². The summed E-state index contributed by atoms with van der Waals surface area (Å²) in [5.74, 6) is 0.464. The highest BCUT2D eigenvalue weighted by Gasteiger charge is 2.25. The van der Waals surface area contributed by atoms with Gasteiger partial charge in [0.2, 0.25) is 0 Å². The molecule has 80 valence electrons. The second kappa shape index (κ2) is 6.00. The van der Waals surface area contributed by atoms with E-state index in [2.05, 4.69) is 11.0 Å². The Bertz CT molecular complexity index is 198. The number of rotatable bonds is 5. The first kappa shape index (κ1) is 11.5. The van der Waals surface area contributed by atoms with Crippen molar-refractivity contribution in [3.05, 3.63) is 0 Å². The molecule has 3 heteroatoms. The van der Waals surface area contributed by atoms with Gasteiger partial charge in [-0.15, -0.1) is 0 Å². The lowest BCUT2D eigenvalue weighted by Crippen LogP contribution is -2.25. The summed E-state index contributed by atoms with van der Waals surface area (Å²) < 4.78 is 0. The quantitative estimate of drug-likeness (QED) is 0.676. The third-order valence-electron chi connectivity index (χ3n) is 3.00. The van der Waals surface area contributed by atoms with Gasteiger partial charge in [-0.3, -0.25) is 0 Å². The molecule has 1 aliphatic rings. The molecule has 1 fully saturated rings. The average molecular weight is 196 g/mol. The molecule has 0 aromatic rings. The van der Waals surface area contributed by atoms with Crippen LogP contribution in [0.4, 0.5) is 0 Å². The van der Waals surface area contributed by atoms with Gasteiger partial charge < -0.3 is 10.0 Å². The van der Waals surface area contributed by atoms with Crippen LogP contribution >= 0.6 is 0 Å². The molecule has 2 unspecified atom stereocenters. The number of likely N-dealkylation sites (tertiary alicyclic amines) is 1. The van der Waals surface area contributed by atoms with Crippen molar-refractivity contribution >= 4 is 0 Å². The van der Waals surface area contributed by atoms with E-state index in [0.717, 1.165) is 38.9 Å². The lowest BCUT2D eigenvalue weighted by molar-refractivity contribution is 0.127. The van der Waals surface area contributed by atoms with E-state index in [4.69, 9.17) is 5.26 Å². The van der Waals surface area contributed by atoms with Crippen molar-refractivity contribution in [1.29, 1.82) is 5.26 Å². The zero-order chi connectivity index (χ0) is 10.4. The summed E-state index contributed by atoms with van der Waals surface area (Å²) >= 11 is 0. The Kier molecular flexibility index (Phi) is 4.92. The predicted molar refractivity (Wildman–Crippen MR) is 55.7 cm³/mol. The van der Waals surface area contributed by atoms with Crippen LogP contribution in [0.2, 0.25) is 0 Å². The van der Waals surface area contributed by atoms with Crippen LogP contribution in [0.15, 0.2) is 0 Å². The van der Waals surface area contributed by atoms with Crippen LogP contribution in [0.3, 0.4) is 0 Å². The van der Waals surface area contributed by atoms with E-state index in [1.54, 1.807) is 0 Å². The second-order valence-corrected chi connectivity index (χ2v) is 4.21. The molecule has 0 bridgehead atoms. The zero-order valence-corrected chi connectivity index (χ0v) is 8.95. The molecule has 0 aromatic carbocycles. The number of aliphatic hydroxyl groups excluding tert-OH is 1. The van der Waals surface area contributed by atoms with Gasteiger partial charge in [-0.2, -0.15) is 5.26 Å². The normalized spacial score (nSPS) is 24.8. The van der Waals surface area contributed by atoms with Gasteiger partial charge in [0.25, 0.3) is 0 Å². The third-order valence-corrected chi connectivity index (χ3v) is 3.00. The first-order chi connectivity index (χ1) is 6.74. The van der Waals surface area contributed by atoms with Crippen LogP contribution in [0.25, 0.3) is 0 Å². The van der Waals surface area contributed by atoms with Gasteiger partial charge in [-0.05, 0) is 45.2 Å². The summed E-state index contributed by atoms with van der Waals surface area (Å²) in [5, 5.41) is 17.8. The molecule has 3 nitrogen and oxygen atoms in total. The van der Waals surface area contributed by atoms with E-state index in [-0.39, 0.29) is 6.10 Å². The first-order valence-corrected chi connectivity index (χ1v) is 5.51. The fraction of sp³-hybridized carbons (Fsp3) is 0.909. The minimum Gasteiger partial charge on any atom is -0.393 e. The van der Waals surface area contributed by atoms with Gasteiger partial charge in [-0.1, -0.05) is 0 Å². The van der Waals surface area contributed by atoms with E-state index in [1.165, 1.54) is 0 Å². The predicted octanol–water partition coefficient (Wildman–Crippen LogP) is 1.38. The highest BCUT2D eigenvalue weighted by atomic mass is 16.3. The van der Waals surface area contributed by atoms with Crippen LogP contribution in [-0.2, 0) is 0 Å². The number of nitrogens with zero attached hydrogens (tertiary/aromatic N) is 2. The van der Waals surface area contributed by atoms with Crippen molar-refractivity contribution in [2.24, 2.45) is 5.92 Å². The summed E-state index contributed by atoms with van der Waals surface area (Å²) in [4.78, 5) is 2.40.